The topological polar surface area (TPSA) is 60.2 Å². The highest BCUT2D eigenvalue weighted by Crippen LogP contribution is 2.40. The average Bonchev–Trinajstić information content (AvgIpc) is 3.38. The number of amides is 1. The third-order valence-electron chi connectivity index (χ3n) is 5.77. The largest absolute Gasteiger partial charge is 0.370 e. The Hall–Kier alpha value is -2.09. The van der Waals surface area contributed by atoms with Crippen LogP contribution in [0.5, 0.6) is 0 Å². The number of aryl methyl sites for hydroxylation is 2. The van der Waals surface area contributed by atoms with Crippen molar-refractivity contribution in [3.05, 3.63) is 23.0 Å². The third-order valence-corrected chi connectivity index (χ3v) is 5.77. The molecule has 5 heteroatoms. The van der Waals surface area contributed by atoms with E-state index in [1.165, 1.54) is 12.8 Å². The van der Waals surface area contributed by atoms with Gasteiger partial charge in [0.1, 0.15) is 6.07 Å². The predicted octanol–water partition coefficient (Wildman–Crippen LogP) is 2.55. The van der Waals surface area contributed by atoms with Gasteiger partial charge in [-0.2, -0.15) is 5.26 Å². The molecule has 2 atom stereocenters. The molecule has 1 aromatic heterocycles. The van der Waals surface area contributed by atoms with Crippen LogP contribution in [0.25, 0.3) is 0 Å². The first-order valence-corrected chi connectivity index (χ1v) is 9.03. The highest BCUT2D eigenvalue weighted by Gasteiger charge is 2.45. The van der Waals surface area contributed by atoms with Crippen molar-refractivity contribution in [2.45, 2.75) is 58.0 Å². The third kappa shape index (κ3) is 2.54. The lowest BCUT2D eigenvalue weighted by Gasteiger charge is -2.48. The molecule has 3 fully saturated rings. The van der Waals surface area contributed by atoms with Crippen LogP contribution in [-0.4, -0.2) is 41.0 Å². The molecule has 5 nitrogen and oxygen atoms in total. The lowest BCUT2D eigenvalue weighted by Crippen LogP contribution is -2.56. The second-order valence-corrected chi connectivity index (χ2v) is 7.49. The Balaban J connectivity index is 1.59. The monoisotopic (exact) mass is 324 g/mol. The maximum absolute atomic E-state index is 12.3. The van der Waals surface area contributed by atoms with Crippen molar-refractivity contribution in [1.29, 1.82) is 5.26 Å². The lowest BCUT2D eigenvalue weighted by molar-refractivity contribution is -0.140. The standard InChI is InChI=1S/C19H24N4O/c1-12-9-18(16(10-20)13(2)21-12)22-8-7-17-14(11-22)3-6-19(24)23(17)15-4-5-15/h9,14-15,17H,3-8,11H2,1-2H3/t14-,17+/m0/s1. The minimum atomic E-state index is 0.362. The Kier molecular flexibility index (Phi) is 3.71. The molecule has 0 bridgehead atoms. The summed E-state index contributed by atoms with van der Waals surface area (Å²) in [4.78, 5) is 21.3. The summed E-state index contributed by atoms with van der Waals surface area (Å²) in [6, 6.07) is 5.29. The fourth-order valence-corrected chi connectivity index (χ4v) is 4.53. The zero-order valence-corrected chi connectivity index (χ0v) is 14.5. The van der Waals surface area contributed by atoms with Gasteiger partial charge in [-0.05, 0) is 51.5 Å². The smallest absolute Gasteiger partial charge is 0.223 e. The molecule has 0 radical (unpaired) electrons. The van der Waals surface area contributed by atoms with Crippen molar-refractivity contribution in [3.63, 3.8) is 0 Å². The molecule has 2 aliphatic heterocycles. The van der Waals surface area contributed by atoms with Crippen molar-refractivity contribution in [3.8, 4) is 6.07 Å². The molecule has 1 aromatic rings. The number of carbonyl (C=O) groups excluding carboxylic acids is 1. The number of nitriles is 1. The average molecular weight is 324 g/mol. The molecule has 24 heavy (non-hydrogen) atoms. The Morgan fingerprint density at radius 2 is 2.04 bits per heavy atom. The maximum atomic E-state index is 12.3. The van der Waals surface area contributed by atoms with Crippen LogP contribution in [-0.2, 0) is 4.79 Å². The molecule has 0 spiro atoms. The van der Waals surface area contributed by atoms with Crippen LogP contribution in [0, 0.1) is 31.1 Å². The molecule has 1 amide bonds. The molecule has 1 saturated carbocycles. The van der Waals surface area contributed by atoms with Gasteiger partial charge in [0, 0.05) is 37.3 Å². The van der Waals surface area contributed by atoms with Crippen molar-refractivity contribution in [1.82, 2.24) is 9.88 Å². The molecule has 126 valence electrons. The van der Waals surface area contributed by atoms with Crippen LogP contribution in [0.2, 0.25) is 0 Å². The quantitative estimate of drug-likeness (QED) is 0.839. The summed E-state index contributed by atoms with van der Waals surface area (Å²) < 4.78 is 0. The minimum Gasteiger partial charge on any atom is -0.370 e. The van der Waals surface area contributed by atoms with Crippen LogP contribution < -0.4 is 4.90 Å². The van der Waals surface area contributed by atoms with E-state index in [1.807, 2.05) is 19.9 Å². The van der Waals surface area contributed by atoms with E-state index < -0.39 is 0 Å². The van der Waals surface area contributed by atoms with Gasteiger partial charge in [0.15, 0.2) is 0 Å². The lowest BCUT2D eigenvalue weighted by atomic mass is 9.83. The number of carbonyl (C=O) groups is 1. The number of piperidine rings is 2. The first kappa shape index (κ1) is 15.4. The van der Waals surface area contributed by atoms with Crippen molar-refractivity contribution >= 4 is 11.6 Å². The van der Waals surface area contributed by atoms with Gasteiger partial charge in [0.2, 0.25) is 5.91 Å². The number of aromatic nitrogens is 1. The van der Waals surface area contributed by atoms with E-state index in [1.54, 1.807) is 0 Å². The van der Waals surface area contributed by atoms with Gasteiger partial charge >= 0.3 is 0 Å². The Morgan fingerprint density at radius 3 is 2.75 bits per heavy atom. The summed E-state index contributed by atoms with van der Waals surface area (Å²) in [7, 11) is 0. The van der Waals surface area contributed by atoms with Crippen LogP contribution in [0.1, 0.15) is 49.1 Å². The molecule has 0 aromatic carbocycles. The fourth-order valence-electron chi connectivity index (χ4n) is 4.53. The SMILES string of the molecule is Cc1cc(N2CC[C@@H]3[C@@H](CCC(=O)N3C3CC3)C2)c(C#N)c(C)n1. The zero-order valence-electron chi connectivity index (χ0n) is 14.5. The van der Waals surface area contributed by atoms with E-state index in [9.17, 15) is 10.1 Å². The zero-order chi connectivity index (χ0) is 16.8. The number of hydrogen-bond donors (Lipinski definition) is 0. The molecular weight excluding hydrogens is 300 g/mol. The second kappa shape index (κ2) is 5.77. The number of anilines is 1. The van der Waals surface area contributed by atoms with Crippen LogP contribution >= 0.6 is 0 Å². The molecule has 4 rings (SSSR count). The van der Waals surface area contributed by atoms with Crippen LogP contribution in [0.15, 0.2) is 6.07 Å². The summed E-state index contributed by atoms with van der Waals surface area (Å²) in [5, 5.41) is 9.54. The highest BCUT2D eigenvalue weighted by molar-refractivity contribution is 5.78. The highest BCUT2D eigenvalue weighted by atomic mass is 16.2. The number of rotatable bonds is 2. The normalized spacial score (nSPS) is 27.0. The summed E-state index contributed by atoms with van der Waals surface area (Å²) in [5.41, 5.74) is 3.50. The molecule has 0 unspecified atom stereocenters. The van der Waals surface area contributed by atoms with E-state index in [2.05, 4.69) is 20.9 Å². The summed E-state index contributed by atoms with van der Waals surface area (Å²) in [6.45, 7) is 5.75. The first-order chi connectivity index (χ1) is 11.6. The van der Waals surface area contributed by atoms with Gasteiger partial charge < -0.3 is 9.80 Å². The van der Waals surface area contributed by atoms with Gasteiger partial charge in [-0.15, -0.1) is 0 Å². The van der Waals surface area contributed by atoms with Crippen LogP contribution in [0.4, 0.5) is 5.69 Å². The number of fused-ring (bicyclic) bond motifs is 1. The van der Waals surface area contributed by atoms with Crippen molar-refractivity contribution in [2.75, 3.05) is 18.0 Å². The Labute approximate surface area is 143 Å². The number of pyridine rings is 1. The molecular formula is C19H24N4O. The Bertz CT molecular complexity index is 719. The van der Waals surface area contributed by atoms with Crippen molar-refractivity contribution < 1.29 is 4.79 Å². The predicted molar refractivity (Wildman–Crippen MR) is 91.6 cm³/mol. The van der Waals surface area contributed by atoms with E-state index in [4.69, 9.17) is 0 Å². The molecule has 1 aliphatic carbocycles. The Morgan fingerprint density at radius 1 is 1.25 bits per heavy atom. The van der Waals surface area contributed by atoms with Crippen molar-refractivity contribution in [2.24, 2.45) is 5.92 Å². The molecule has 0 N–H and O–H groups in total. The van der Waals surface area contributed by atoms with Gasteiger partial charge in [-0.1, -0.05) is 0 Å². The van der Waals surface area contributed by atoms with E-state index in [0.717, 1.165) is 43.0 Å². The van der Waals surface area contributed by atoms with E-state index in [-0.39, 0.29) is 0 Å². The first-order valence-electron chi connectivity index (χ1n) is 9.03. The molecule has 3 heterocycles. The number of nitrogens with zero attached hydrogens (tertiary/aromatic N) is 4. The maximum Gasteiger partial charge on any atom is 0.223 e. The van der Waals surface area contributed by atoms with Gasteiger partial charge in [0.25, 0.3) is 0 Å². The summed E-state index contributed by atoms with van der Waals surface area (Å²) >= 11 is 0. The van der Waals surface area contributed by atoms with E-state index >= 15 is 0 Å². The van der Waals surface area contributed by atoms with E-state index in [0.29, 0.717) is 35.9 Å². The number of hydrogen-bond acceptors (Lipinski definition) is 4. The van der Waals surface area contributed by atoms with Gasteiger partial charge in [-0.3, -0.25) is 9.78 Å². The van der Waals surface area contributed by atoms with Gasteiger partial charge in [-0.25, -0.2) is 0 Å². The molecule has 3 aliphatic rings. The minimum absolute atomic E-state index is 0.362. The molecule has 2 saturated heterocycles. The number of likely N-dealkylation sites (tertiary alicyclic amines) is 1. The summed E-state index contributed by atoms with van der Waals surface area (Å²) in [5.74, 6) is 0.887. The second-order valence-electron chi connectivity index (χ2n) is 7.49. The summed E-state index contributed by atoms with van der Waals surface area (Å²) in [6.07, 6.45) is 5.04. The fraction of sp³-hybridized carbons (Fsp3) is 0.632. The van der Waals surface area contributed by atoms with Crippen LogP contribution in [0.3, 0.4) is 0 Å². The van der Waals surface area contributed by atoms with Gasteiger partial charge in [0.05, 0.1) is 16.9 Å².